The molecule has 1 aliphatic heterocycles. The number of halogens is 1. The molecule has 0 aliphatic carbocycles. The van der Waals surface area contributed by atoms with E-state index in [4.69, 9.17) is 5.11 Å². The first-order valence-corrected chi connectivity index (χ1v) is 6.66. The molecule has 0 fully saturated rings. The number of amides is 2. The number of fused-ring (bicyclic) bond motifs is 1. The lowest BCUT2D eigenvalue weighted by atomic mass is 10.2. The molecule has 0 radical (unpaired) electrons. The van der Waals surface area contributed by atoms with Crippen LogP contribution >= 0.6 is 15.9 Å². The molecule has 1 N–H and O–H groups in total. The van der Waals surface area contributed by atoms with Gasteiger partial charge < -0.3 is 5.11 Å². The number of nitrogens with zero attached hydrogens (tertiary/aromatic N) is 2. The molecule has 21 heavy (non-hydrogen) atoms. The summed E-state index contributed by atoms with van der Waals surface area (Å²) in [5, 5.41) is 9.03. The first-order chi connectivity index (χ1) is 10.0. The third-order valence-corrected chi connectivity index (χ3v) is 3.75. The zero-order valence-electron chi connectivity index (χ0n) is 10.4. The highest BCUT2D eigenvalue weighted by Gasteiger charge is 2.38. The van der Waals surface area contributed by atoms with Crippen LogP contribution in [0.1, 0.15) is 31.2 Å². The normalized spacial score (nSPS) is 13.5. The average molecular weight is 347 g/mol. The van der Waals surface area contributed by atoms with Crippen molar-refractivity contribution in [2.24, 2.45) is 0 Å². The summed E-state index contributed by atoms with van der Waals surface area (Å²) in [5.41, 5.74) is 0.436. The first-order valence-electron chi connectivity index (χ1n) is 5.87. The van der Waals surface area contributed by atoms with E-state index in [0.29, 0.717) is 4.47 Å². The monoisotopic (exact) mass is 346 g/mol. The summed E-state index contributed by atoms with van der Waals surface area (Å²) >= 11 is 3.23. The van der Waals surface area contributed by atoms with E-state index >= 15 is 0 Å². The maximum Gasteiger partial charge on any atom is 0.335 e. The van der Waals surface area contributed by atoms with Crippen LogP contribution in [-0.2, 0) is 0 Å². The van der Waals surface area contributed by atoms with Gasteiger partial charge in [0.1, 0.15) is 5.69 Å². The number of carboxylic acids is 1. The number of hydrogen-bond acceptors (Lipinski definition) is 4. The van der Waals surface area contributed by atoms with E-state index in [1.807, 2.05) is 0 Å². The molecule has 0 atom stereocenters. The van der Waals surface area contributed by atoms with Gasteiger partial charge in [-0.25, -0.2) is 9.69 Å². The first kappa shape index (κ1) is 13.4. The highest BCUT2D eigenvalue weighted by Crippen LogP contribution is 2.33. The Morgan fingerprint density at radius 2 is 1.95 bits per heavy atom. The molecule has 2 amide bonds. The van der Waals surface area contributed by atoms with Crippen LogP contribution in [0.3, 0.4) is 0 Å². The second-order valence-corrected chi connectivity index (χ2v) is 5.17. The fraction of sp³-hybridized carbons (Fsp3) is 0. The summed E-state index contributed by atoms with van der Waals surface area (Å²) in [4.78, 5) is 40.5. The van der Waals surface area contributed by atoms with Gasteiger partial charge in [-0.15, -0.1) is 0 Å². The predicted octanol–water partition coefficient (Wildman–Crippen LogP) is 2.34. The van der Waals surface area contributed by atoms with Gasteiger partial charge in [0, 0.05) is 10.7 Å². The Morgan fingerprint density at radius 3 is 2.62 bits per heavy atom. The molecule has 0 spiro atoms. The van der Waals surface area contributed by atoms with E-state index in [1.54, 1.807) is 6.07 Å². The Hall–Kier alpha value is -2.54. The maximum atomic E-state index is 12.3. The number of imide groups is 1. The van der Waals surface area contributed by atoms with E-state index in [2.05, 4.69) is 20.9 Å². The van der Waals surface area contributed by atoms with E-state index in [9.17, 15) is 14.4 Å². The summed E-state index contributed by atoms with van der Waals surface area (Å²) < 4.78 is 0.446. The van der Waals surface area contributed by atoms with Crippen LogP contribution in [0, 0.1) is 0 Å². The van der Waals surface area contributed by atoms with Crippen molar-refractivity contribution in [2.75, 3.05) is 4.90 Å². The summed E-state index contributed by atoms with van der Waals surface area (Å²) in [6.45, 7) is 0. The zero-order chi connectivity index (χ0) is 15.1. The minimum Gasteiger partial charge on any atom is -0.478 e. The number of benzene rings is 1. The van der Waals surface area contributed by atoms with Crippen molar-refractivity contribution in [3.63, 3.8) is 0 Å². The van der Waals surface area contributed by atoms with Crippen molar-refractivity contribution >= 4 is 39.4 Å². The second kappa shape index (κ2) is 4.78. The molecule has 2 aromatic rings. The van der Waals surface area contributed by atoms with E-state index < -0.39 is 17.8 Å². The Bertz CT molecular complexity index is 768. The van der Waals surface area contributed by atoms with Gasteiger partial charge in [0.15, 0.2) is 0 Å². The lowest BCUT2D eigenvalue weighted by molar-refractivity contribution is 0.0695. The predicted molar refractivity (Wildman–Crippen MR) is 76.5 cm³/mol. The van der Waals surface area contributed by atoms with Crippen LogP contribution in [0.25, 0.3) is 0 Å². The summed E-state index contributed by atoms with van der Waals surface area (Å²) in [7, 11) is 0. The molecule has 2 heterocycles. The number of aromatic carboxylic acids is 1. The molecule has 7 heteroatoms. The molecule has 0 saturated heterocycles. The zero-order valence-corrected chi connectivity index (χ0v) is 12.0. The fourth-order valence-corrected chi connectivity index (χ4v) is 2.53. The van der Waals surface area contributed by atoms with Crippen LogP contribution < -0.4 is 4.90 Å². The standard InChI is InChI=1S/C14H7BrN2O4/c15-9-4-3-7(14(20)21)6-10(9)17-12(18)8-2-1-5-16-11(8)13(17)19/h1-6H,(H,20,21). The van der Waals surface area contributed by atoms with E-state index in [-0.39, 0.29) is 22.5 Å². The van der Waals surface area contributed by atoms with Crippen molar-refractivity contribution in [3.05, 3.63) is 57.8 Å². The number of carbonyl (C=O) groups excluding carboxylic acids is 2. The summed E-state index contributed by atoms with van der Waals surface area (Å²) in [6, 6.07) is 7.21. The highest BCUT2D eigenvalue weighted by atomic mass is 79.9. The average Bonchev–Trinajstić information content (AvgIpc) is 2.72. The van der Waals surface area contributed by atoms with Crippen LogP contribution in [0.4, 0.5) is 5.69 Å². The van der Waals surface area contributed by atoms with Gasteiger partial charge >= 0.3 is 5.97 Å². The molecule has 0 bridgehead atoms. The Kier molecular flexibility index (Phi) is 3.06. The van der Waals surface area contributed by atoms with Crippen LogP contribution in [0.5, 0.6) is 0 Å². The third-order valence-electron chi connectivity index (χ3n) is 3.08. The van der Waals surface area contributed by atoms with Gasteiger partial charge in [-0.2, -0.15) is 0 Å². The minimum absolute atomic E-state index is 0.0160. The molecule has 1 aromatic carbocycles. The Balaban J connectivity index is 2.15. The fourth-order valence-electron chi connectivity index (χ4n) is 2.10. The highest BCUT2D eigenvalue weighted by molar-refractivity contribution is 9.10. The smallest absolute Gasteiger partial charge is 0.335 e. The number of carboxylic acid groups (broad SMARTS) is 1. The molecular formula is C14H7BrN2O4. The minimum atomic E-state index is -1.14. The second-order valence-electron chi connectivity index (χ2n) is 4.32. The Labute approximate surface area is 127 Å². The van der Waals surface area contributed by atoms with Crippen molar-refractivity contribution < 1.29 is 19.5 Å². The van der Waals surface area contributed by atoms with Crippen molar-refractivity contribution in [1.29, 1.82) is 0 Å². The molecule has 1 aliphatic rings. The van der Waals surface area contributed by atoms with Crippen LogP contribution in [0.2, 0.25) is 0 Å². The number of anilines is 1. The van der Waals surface area contributed by atoms with Gasteiger partial charge in [0.05, 0.1) is 16.8 Å². The molecule has 0 saturated carbocycles. The Morgan fingerprint density at radius 1 is 1.19 bits per heavy atom. The topological polar surface area (TPSA) is 87.6 Å². The lowest BCUT2D eigenvalue weighted by Gasteiger charge is -2.16. The number of pyridine rings is 1. The third kappa shape index (κ3) is 2.02. The molecule has 104 valence electrons. The number of rotatable bonds is 2. The van der Waals surface area contributed by atoms with Crippen molar-refractivity contribution in [2.45, 2.75) is 0 Å². The van der Waals surface area contributed by atoms with Gasteiger partial charge in [0.25, 0.3) is 11.8 Å². The van der Waals surface area contributed by atoms with Gasteiger partial charge in [-0.05, 0) is 46.3 Å². The summed E-state index contributed by atoms with van der Waals surface area (Å²) in [5.74, 6) is -2.23. The number of aromatic nitrogens is 1. The van der Waals surface area contributed by atoms with Gasteiger partial charge in [0.2, 0.25) is 0 Å². The van der Waals surface area contributed by atoms with Crippen LogP contribution in [-0.4, -0.2) is 27.9 Å². The van der Waals surface area contributed by atoms with Crippen molar-refractivity contribution in [1.82, 2.24) is 4.98 Å². The van der Waals surface area contributed by atoms with Gasteiger partial charge in [-0.1, -0.05) is 0 Å². The molecule has 3 rings (SSSR count). The lowest BCUT2D eigenvalue weighted by Crippen LogP contribution is -2.30. The molecule has 1 aromatic heterocycles. The van der Waals surface area contributed by atoms with Crippen LogP contribution in [0.15, 0.2) is 41.0 Å². The number of hydrogen-bond donors (Lipinski definition) is 1. The summed E-state index contributed by atoms with van der Waals surface area (Å²) in [6.07, 6.45) is 1.43. The molecule has 6 nitrogen and oxygen atoms in total. The maximum absolute atomic E-state index is 12.3. The largest absolute Gasteiger partial charge is 0.478 e. The quantitative estimate of drug-likeness (QED) is 0.843. The number of carbonyl (C=O) groups is 3. The van der Waals surface area contributed by atoms with Gasteiger partial charge in [-0.3, -0.25) is 14.6 Å². The van der Waals surface area contributed by atoms with E-state index in [0.717, 1.165) is 4.90 Å². The SMILES string of the molecule is O=C(O)c1ccc(Br)c(N2C(=O)c3cccnc3C2=O)c1. The van der Waals surface area contributed by atoms with E-state index in [1.165, 1.54) is 30.5 Å². The molecular weight excluding hydrogens is 340 g/mol. The molecule has 0 unspecified atom stereocenters. The van der Waals surface area contributed by atoms with Crippen molar-refractivity contribution in [3.8, 4) is 0 Å².